The van der Waals surface area contributed by atoms with Gasteiger partial charge in [-0.3, -0.25) is 9.89 Å². The van der Waals surface area contributed by atoms with E-state index in [0.717, 1.165) is 30.8 Å². The molecule has 1 aromatic carbocycles. The highest BCUT2D eigenvalue weighted by Crippen LogP contribution is 2.19. The fraction of sp³-hybridized carbons (Fsp3) is 0.500. The zero-order valence-corrected chi connectivity index (χ0v) is 15.7. The van der Waals surface area contributed by atoms with Gasteiger partial charge in [-0.15, -0.1) is 0 Å². The molecule has 3 N–H and O–H groups in total. The molecule has 0 bridgehead atoms. The molecule has 6 nitrogen and oxygen atoms in total. The predicted molar refractivity (Wildman–Crippen MR) is 105 cm³/mol. The molecule has 0 aliphatic carbocycles. The second kappa shape index (κ2) is 8.85. The van der Waals surface area contributed by atoms with Gasteiger partial charge in [0.15, 0.2) is 5.96 Å². The zero-order valence-electron chi connectivity index (χ0n) is 15.7. The van der Waals surface area contributed by atoms with E-state index in [-0.39, 0.29) is 0 Å². The molecule has 1 fully saturated rings. The van der Waals surface area contributed by atoms with Crippen LogP contribution in [0.4, 0.5) is 0 Å². The summed E-state index contributed by atoms with van der Waals surface area (Å²) in [4.78, 5) is 11.5. The number of aromatic nitrogens is 1. The lowest BCUT2D eigenvalue weighted by atomic mass is 10.1. The summed E-state index contributed by atoms with van der Waals surface area (Å²) in [5.41, 5.74) is 9.12. The highest BCUT2D eigenvalue weighted by atomic mass is 16.3. The number of aliphatic imine (C=N–C) groups is 1. The van der Waals surface area contributed by atoms with Crippen molar-refractivity contribution in [3.8, 4) is 11.5 Å². The van der Waals surface area contributed by atoms with E-state index in [9.17, 15) is 0 Å². The number of hydrogen-bond acceptors (Lipinski definition) is 4. The minimum atomic E-state index is 0.509. The number of likely N-dealkylation sites (N-methyl/N-ethyl adjacent to an activating group) is 1. The lowest BCUT2D eigenvalue weighted by molar-refractivity contribution is 0.273. The van der Waals surface area contributed by atoms with E-state index in [1.165, 1.54) is 24.9 Å². The maximum absolute atomic E-state index is 5.99. The third-order valence-electron chi connectivity index (χ3n) is 4.92. The molecule has 6 heteroatoms. The number of nitrogens with one attached hydrogen (secondary N) is 1. The molecule has 1 aliphatic heterocycles. The number of nitrogens with zero attached hydrogens (tertiary/aromatic N) is 3. The topological polar surface area (TPSA) is 79.7 Å². The van der Waals surface area contributed by atoms with E-state index in [4.69, 9.17) is 10.2 Å². The Hall–Kier alpha value is -2.34. The molecule has 1 saturated heterocycles. The van der Waals surface area contributed by atoms with Crippen LogP contribution in [0.5, 0.6) is 0 Å². The van der Waals surface area contributed by atoms with E-state index in [0.29, 0.717) is 24.4 Å². The standard InChI is InChI=1S/C20H29N5O/c1-3-25-12-4-5-18(25)13-23-20(21)22-11-10-17-14-26-19(24-17)16-8-6-15(2)7-9-16/h6-9,14,18H,3-5,10-13H2,1-2H3,(H3,21,22,23). The summed E-state index contributed by atoms with van der Waals surface area (Å²) in [6.45, 7) is 8.00. The first-order valence-corrected chi connectivity index (χ1v) is 9.45. The number of nitrogens with two attached hydrogens (primary N) is 1. The lowest BCUT2D eigenvalue weighted by Gasteiger charge is -2.20. The maximum atomic E-state index is 5.99. The van der Waals surface area contributed by atoms with Crippen molar-refractivity contribution < 1.29 is 4.42 Å². The van der Waals surface area contributed by atoms with Crippen molar-refractivity contribution in [2.24, 2.45) is 10.7 Å². The molecule has 26 heavy (non-hydrogen) atoms. The van der Waals surface area contributed by atoms with Gasteiger partial charge in [0, 0.05) is 24.6 Å². The van der Waals surface area contributed by atoms with Crippen molar-refractivity contribution in [3.05, 3.63) is 41.8 Å². The van der Waals surface area contributed by atoms with E-state index in [2.05, 4.69) is 46.2 Å². The first kappa shape index (κ1) is 18.5. The number of rotatable bonds is 7. The van der Waals surface area contributed by atoms with E-state index >= 15 is 0 Å². The molecule has 2 aromatic rings. The molecule has 140 valence electrons. The number of likely N-dealkylation sites (tertiary alicyclic amines) is 1. The molecule has 2 heterocycles. The Morgan fingerprint density at radius 2 is 2.19 bits per heavy atom. The van der Waals surface area contributed by atoms with Gasteiger partial charge >= 0.3 is 0 Å². The van der Waals surface area contributed by atoms with Crippen LogP contribution >= 0.6 is 0 Å². The van der Waals surface area contributed by atoms with Crippen LogP contribution in [-0.2, 0) is 6.42 Å². The normalized spacial score (nSPS) is 18.4. The Labute approximate surface area is 155 Å². The summed E-state index contributed by atoms with van der Waals surface area (Å²) < 4.78 is 5.58. The van der Waals surface area contributed by atoms with Crippen molar-refractivity contribution in [2.45, 2.75) is 39.2 Å². The summed E-state index contributed by atoms with van der Waals surface area (Å²) in [5, 5.41) is 3.17. The van der Waals surface area contributed by atoms with Crippen molar-refractivity contribution in [3.63, 3.8) is 0 Å². The van der Waals surface area contributed by atoms with Crippen LogP contribution < -0.4 is 11.1 Å². The first-order chi connectivity index (χ1) is 12.7. The Morgan fingerprint density at radius 1 is 1.38 bits per heavy atom. The summed E-state index contributed by atoms with van der Waals surface area (Å²) >= 11 is 0. The Morgan fingerprint density at radius 3 is 2.96 bits per heavy atom. The van der Waals surface area contributed by atoms with Gasteiger partial charge in [0.1, 0.15) is 6.26 Å². The fourth-order valence-electron chi connectivity index (χ4n) is 3.35. The van der Waals surface area contributed by atoms with Crippen LogP contribution in [0.15, 0.2) is 39.9 Å². The molecular weight excluding hydrogens is 326 g/mol. The second-order valence-electron chi connectivity index (χ2n) is 6.84. The molecule has 1 atom stereocenters. The Balaban J connectivity index is 1.44. The molecule has 1 unspecified atom stereocenters. The maximum Gasteiger partial charge on any atom is 0.226 e. The van der Waals surface area contributed by atoms with E-state index in [1.807, 2.05) is 12.1 Å². The highest BCUT2D eigenvalue weighted by Gasteiger charge is 2.22. The van der Waals surface area contributed by atoms with Crippen molar-refractivity contribution in [2.75, 3.05) is 26.2 Å². The number of hydrogen-bond donors (Lipinski definition) is 2. The summed E-state index contributed by atoms with van der Waals surface area (Å²) in [7, 11) is 0. The van der Waals surface area contributed by atoms with Gasteiger partial charge in [0.2, 0.25) is 5.89 Å². The average Bonchev–Trinajstić information content (AvgIpc) is 3.29. The highest BCUT2D eigenvalue weighted by molar-refractivity contribution is 5.77. The van der Waals surface area contributed by atoms with Crippen LogP contribution in [0, 0.1) is 6.92 Å². The van der Waals surface area contributed by atoms with Crippen molar-refractivity contribution in [1.82, 2.24) is 15.2 Å². The SMILES string of the molecule is CCN1CCCC1CN=C(N)NCCc1coc(-c2ccc(C)cc2)n1. The van der Waals surface area contributed by atoms with Crippen molar-refractivity contribution in [1.29, 1.82) is 0 Å². The monoisotopic (exact) mass is 355 g/mol. The molecule has 3 rings (SSSR count). The van der Waals surface area contributed by atoms with Gasteiger partial charge in [-0.1, -0.05) is 24.6 Å². The lowest BCUT2D eigenvalue weighted by Crippen LogP contribution is -2.36. The van der Waals surface area contributed by atoms with Gasteiger partial charge < -0.3 is 15.5 Å². The quantitative estimate of drug-likeness (QED) is 0.589. The van der Waals surface area contributed by atoms with Gasteiger partial charge in [-0.2, -0.15) is 0 Å². The van der Waals surface area contributed by atoms with Gasteiger partial charge in [0.25, 0.3) is 0 Å². The van der Waals surface area contributed by atoms with E-state index < -0.39 is 0 Å². The summed E-state index contributed by atoms with van der Waals surface area (Å²) in [5.74, 6) is 1.16. The van der Waals surface area contributed by atoms with Gasteiger partial charge in [0.05, 0.1) is 12.2 Å². The minimum Gasteiger partial charge on any atom is -0.444 e. The molecule has 0 amide bonds. The molecule has 1 aliphatic rings. The van der Waals surface area contributed by atoms with Crippen LogP contribution in [0.1, 0.15) is 31.0 Å². The van der Waals surface area contributed by atoms with Crippen LogP contribution in [-0.4, -0.2) is 48.1 Å². The second-order valence-corrected chi connectivity index (χ2v) is 6.84. The third-order valence-corrected chi connectivity index (χ3v) is 4.92. The smallest absolute Gasteiger partial charge is 0.226 e. The van der Waals surface area contributed by atoms with Crippen LogP contribution in [0.3, 0.4) is 0 Å². The van der Waals surface area contributed by atoms with Gasteiger partial charge in [-0.25, -0.2) is 4.98 Å². The zero-order chi connectivity index (χ0) is 18.4. The average molecular weight is 355 g/mol. The van der Waals surface area contributed by atoms with Gasteiger partial charge in [-0.05, 0) is 45.0 Å². The molecule has 0 radical (unpaired) electrons. The fourth-order valence-corrected chi connectivity index (χ4v) is 3.35. The summed E-state index contributed by atoms with van der Waals surface area (Å²) in [6.07, 6.45) is 4.93. The van der Waals surface area contributed by atoms with E-state index in [1.54, 1.807) is 6.26 Å². The predicted octanol–water partition coefficient (Wildman–Crippen LogP) is 2.58. The molecular formula is C20H29N5O. The number of oxazole rings is 1. The molecule has 0 spiro atoms. The van der Waals surface area contributed by atoms with Crippen molar-refractivity contribution >= 4 is 5.96 Å². The largest absolute Gasteiger partial charge is 0.444 e. The third kappa shape index (κ3) is 4.85. The van der Waals surface area contributed by atoms with Crippen LogP contribution in [0.2, 0.25) is 0 Å². The Kier molecular flexibility index (Phi) is 6.28. The number of aryl methyl sites for hydroxylation is 1. The molecule has 1 aromatic heterocycles. The first-order valence-electron chi connectivity index (χ1n) is 9.45. The Bertz CT molecular complexity index is 722. The minimum absolute atomic E-state index is 0.509. The molecule has 0 saturated carbocycles. The number of guanidine groups is 1. The number of benzene rings is 1. The van der Waals surface area contributed by atoms with Crippen LogP contribution in [0.25, 0.3) is 11.5 Å². The summed E-state index contributed by atoms with van der Waals surface area (Å²) in [6, 6.07) is 8.70.